The number of nitrogens with zero attached hydrogens (tertiary/aromatic N) is 2. The zero-order valence-corrected chi connectivity index (χ0v) is 12.8. The Morgan fingerprint density at radius 2 is 1.95 bits per heavy atom. The van der Waals surface area contributed by atoms with Gasteiger partial charge < -0.3 is 10.6 Å². The smallest absolute Gasteiger partial charge is 0.128 e. The maximum absolute atomic E-state index is 5.90. The molecule has 1 aromatic heterocycles. The summed E-state index contributed by atoms with van der Waals surface area (Å²) in [6.07, 6.45) is 1.81. The molecule has 0 spiro atoms. The van der Waals surface area contributed by atoms with Crippen molar-refractivity contribution in [1.82, 2.24) is 4.98 Å². The van der Waals surface area contributed by atoms with Crippen LogP contribution in [0.3, 0.4) is 0 Å². The van der Waals surface area contributed by atoms with Crippen LogP contribution in [0.5, 0.6) is 0 Å². The average Bonchev–Trinajstić information content (AvgIpc) is 2.41. The highest BCUT2D eigenvalue weighted by Gasteiger charge is 2.06. The highest BCUT2D eigenvalue weighted by atomic mass is 79.9. The SMILES string of the molecule is C[C@H](N)c1ccnc(N(C)Cc2ccc(Br)cc2)c1. The van der Waals surface area contributed by atoms with E-state index in [1.807, 2.05) is 32.3 Å². The highest BCUT2D eigenvalue weighted by Crippen LogP contribution is 2.18. The van der Waals surface area contributed by atoms with Gasteiger partial charge in [-0.05, 0) is 42.3 Å². The van der Waals surface area contributed by atoms with Crippen molar-refractivity contribution in [3.05, 3.63) is 58.2 Å². The zero-order valence-electron chi connectivity index (χ0n) is 11.2. The number of anilines is 1. The van der Waals surface area contributed by atoms with Crippen LogP contribution in [0.4, 0.5) is 5.82 Å². The number of pyridine rings is 1. The lowest BCUT2D eigenvalue weighted by Crippen LogP contribution is -2.18. The lowest BCUT2D eigenvalue weighted by molar-refractivity contribution is 0.809. The summed E-state index contributed by atoms with van der Waals surface area (Å²) in [6, 6.07) is 12.4. The van der Waals surface area contributed by atoms with Crippen molar-refractivity contribution < 1.29 is 0 Å². The molecule has 0 radical (unpaired) electrons. The van der Waals surface area contributed by atoms with E-state index in [9.17, 15) is 0 Å². The molecule has 0 saturated carbocycles. The first-order chi connectivity index (χ1) is 9.06. The van der Waals surface area contributed by atoms with Crippen molar-refractivity contribution in [2.45, 2.75) is 19.5 Å². The Bertz CT molecular complexity index is 537. The van der Waals surface area contributed by atoms with E-state index in [1.54, 1.807) is 0 Å². The van der Waals surface area contributed by atoms with E-state index >= 15 is 0 Å². The Balaban J connectivity index is 2.13. The summed E-state index contributed by atoms with van der Waals surface area (Å²) in [7, 11) is 2.04. The van der Waals surface area contributed by atoms with Gasteiger partial charge in [0, 0.05) is 30.3 Å². The summed E-state index contributed by atoms with van der Waals surface area (Å²) in [5, 5.41) is 0. The topological polar surface area (TPSA) is 42.1 Å². The summed E-state index contributed by atoms with van der Waals surface area (Å²) in [5.41, 5.74) is 8.25. The van der Waals surface area contributed by atoms with Crippen molar-refractivity contribution >= 4 is 21.7 Å². The van der Waals surface area contributed by atoms with E-state index in [2.05, 4.69) is 50.1 Å². The van der Waals surface area contributed by atoms with Crippen LogP contribution in [-0.4, -0.2) is 12.0 Å². The standard InChI is InChI=1S/C15H18BrN3/c1-11(17)13-7-8-18-15(9-13)19(2)10-12-3-5-14(16)6-4-12/h3-9,11H,10,17H2,1-2H3/t11-/m0/s1. The molecule has 0 aliphatic rings. The molecule has 0 fully saturated rings. The van der Waals surface area contributed by atoms with Crippen LogP contribution in [-0.2, 0) is 6.54 Å². The fraction of sp³-hybridized carbons (Fsp3) is 0.267. The molecule has 0 aliphatic heterocycles. The van der Waals surface area contributed by atoms with E-state index < -0.39 is 0 Å². The minimum atomic E-state index is 0.0304. The third kappa shape index (κ3) is 3.78. The molecular formula is C15H18BrN3. The predicted octanol–water partition coefficient (Wildman–Crippen LogP) is 3.50. The normalized spacial score (nSPS) is 12.2. The van der Waals surface area contributed by atoms with Gasteiger partial charge in [0.2, 0.25) is 0 Å². The molecule has 0 saturated heterocycles. The molecule has 0 aliphatic carbocycles. The van der Waals surface area contributed by atoms with Gasteiger partial charge in [0.25, 0.3) is 0 Å². The van der Waals surface area contributed by atoms with Crippen LogP contribution < -0.4 is 10.6 Å². The predicted molar refractivity (Wildman–Crippen MR) is 83.1 cm³/mol. The van der Waals surface area contributed by atoms with Crippen LogP contribution in [0.25, 0.3) is 0 Å². The minimum absolute atomic E-state index is 0.0304. The van der Waals surface area contributed by atoms with Gasteiger partial charge in [0.05, 0.1) is 0 Å². The van der Waals surface area contributed by atoms with Gasteiger partial charge in [-0.2, -0.15) is 0 Å². The van der Waals surface area contributed by atoms with Gasteiger partial charge in [0.1, 0.15) is 5.82 Å². The average molecular weight is 320 g/mol. The first-order valence-electron chi connectivity index (χ1n) is 6.23. The Kier molecular flexibility index (Phi) is 4.56. The molecular weight excluding hydrogens is 302 g/mol. The molecule has 1 aromatic carbocycles. The van der Waals surface area contributed by atoms with Crippen LogP contribution >= 0.6 is 15.9 Å². The van der Waals surface area contributed by atoms with Crippen molar-refractivity contribution in [1.29, 1.82) is 0 Å². The van der Waals surface area contributed by atoms with Crippen LogP contribution in [0, 0.1) is 0 Å². The van der Waals surface area contributed by atoms with Crippen LogP contribution in [0.15, 0.2) is 47.1 Å². The monoisotopic (exact) mass is 319 g/mol. The van der Waals surface area contributed by atoms with E-state index in [1.165, 1.54) is 5.56 Å². The molecule has 1 heterocycles. The molecule has 1 atom stereocenters. The number of aromatic nitrogens is 1. The Morgan fingerprint density at radius 3 is 2.58 bits per heavy atom. The molecule has 4 heteroatoms. The number of benzene rings is 1. The Morgan fingerprint density at radius 1 is 1.26 bits per heavy atom. The fourth-order valence-electron chi connectivity index (χ4n) is 1.87. The quantitative estimate of drug-likeness (QED) is 0.937. The fourth-order valence-corrected chi connectivity index (χ4v) is 2.14. The summed E-state index contributed by atoms with van der Waals surface area (Å²) in [6.45, 7) is 2.80. The molecule has 0 bridgehead atoms. The zero-order chi connectivity index (χ0) is 13.8. The third-order valence-electron chi connectivity index (χ3n) is 3.02. The second kappa shape index (κ2) is 6.17. The second-order valence-corrected chi connectivity index (χ2v) is 5.63. The van der Waals surface area contributed by atoms with E-state index in [-0.39, 0.29) is 6.04 Å². The molecule has 100 valence electrons. The number of nitrogens with two attached hydrogens (primary N) is 1. The molecule has 3 nitrogen and oxygen atoms in total. The number of halogens is 1. The van der Waals surface area contributed by atoms with E-state index in [0.29, 0.717) is 0 Å². The van der Waals surface area contributed by atoms with Gasteiger partial charge in [0.15, 0.2) is 0 Å². The summed E-state index contributed by atoms with van der Waals surface area (Å²) in [4.78, 5) is 6.52. The Labute approximate surface area is 122 Å². The molecule has 19 heavy (non-hydrogen) atoms. The van der Waals surface area contributed by atoms with Gasteiger partial charge in [-0.25, -0.2) is 4.98 Å². The summed E-state index contributed by atoms with van der Waals surface area (Å²) >= 11 is 3.44. The maximum atomic E-state index is 5.90. The lowest BCUT2D eigenvalue weighted by Gasteiger charge is -2.19. The number of hydrogen-bond acceptors (Lipinski definition) is 3. The van der Waals surface area contributed by atoms with Crippen LogP contribution in [0.1, 0.15) is 24.1 Å². The second-order valence-electron chi connectivity index (χ2n) is 4.72. The van der Waals surface area contributed by atoms with Gasteiger partial charge in [-0.3, -0.25) is 0 Å². The van der Waals surface area contributed by atoms with Crippen molar-refractivity contribution in [3.8, 4) is 0 Å². The van der Waals surface area contributed by atoms with Crippen molar-refractivity contribution in [3.63, 3.8) is 0 Å². The summed E-state index contributed by atoms with van der Waals surface area (Å²) < 4.78 is 1.09. The highest BCUT2D eigenvalue weighted by molar-refractivity contribution is 9.10. The number of hydrogen-bond donors (Lipinski definition) is 1. The third-order valence-corrected chi connectivity index (χ3v) is 3.55. The van der Waals surface area contributed by atoms with Crippen LogP contribution in [0.2, 0.25) is 0 Å². The first kappa shape index (κ1) is 14.0. The first-order valence-corrected chi connectivity index (χ1v) is 7.02. The van der Waals surface area contributed by atoms with Gasteiger partial charge in [-0.15, -0.1) is 0 Å². The maximum Gasteiger partial charge on any atom is 0.128 e. The van der Waals surface area contributed by atoms with Crippen molar-refractivity contribution in [2.75, 3.05) is 11.9 Å². The van der Waals surface area contributed by atoms with Gasteiger partial charge in [-0.1, -0.05) is 28.1 Å². The minimum Gasteiger partial charge on any atom is -0.355 e. The lowest BCUT2D eigenvalue weighted by atomic mass is 10.1. The Hall–Kier alpha value is -1.39. The van der Waals surface area contributed by atoms with Gasteiger partial charge >= 0.3 is 0 Å². The van der Waals surface area contributed by atoms with E-state index in [0.717, 1.165) is 22.4 Å². The molecule has 0 amide bonds. The molecule has 2 N–H and O–H groups in total. The molecule has 0 unspecified atom stereocenters. The van der Waals surface area contributed by atoms with E-state index in [4.69, 9.17) is 5.73 Å². The molecule has 2 aromatic rings. The summed E-state index contributed by atoms with van der Waals surface area (Å²) in [5.74, 6) is 0.942. The largest absolute Gasteiger partial charge is 0.355 e. The van der Waals surface area contributed by atoms with Crippen molar-refractivity contribution in [2.24, 2.45) is 5.73 Å². The number of rotatable bonds is 4. The molecule has 2 rings (SSSR count).